The zero-order valence-corrected chi connectivity index (χ0v) is 6.50. The summed E-state index contributed by atoms with van der Waals surface area (Å²) in [6, 6.07) is 1.86. The van der Waals surface area contributed by atoms with Crippen molar-refractivity contribution < 1.29 is 5.11 Å². The number of nitriles is 1. The average Bonchev–Trinajstić information content (AvgIpc) is 2.05. The second-order valence-electron chi connectivity index (χ2n) is 2.68. The van der Waals surface area contributed by atoms with Crippen molar-refractivity contribution in [3.05, 3.63) is 26.0 Å². The third-order valence-electron chi connectivity index (χ3n) is 1.81. The lowest BCUT2D eigenvalue weighted by Crippen LogP contribution is -2.35. The Kier molecular flexibility index (Phi) is 1.96. The van der Waals surface area contributed by atoms with E-state index in [1.54, 1.807) is 6.92 Å². The van der Waals surface area contributed by atoms with Gasteiger partial charge >= 0.3 is 0 Å². The van der Waals surface area contributed by atoms with Crippen molar-refractivity contribution in [3.8, 4) is 11.8 Å². The predicted octanol–water partition coefficient (Wildman–Crippen LogP) is 0.00538. The highest BCUT2D eigenvalue weighted by Crippen LogP contribution is 2.22. The van der Waals surface area contributed by atoms with Crippen LogP contribution in [-0.2, 0) is 0 Å². The SMILES string of the molecule is C[C@H](CC#N)c1c(O)c(=O)c1=O. The summed E-state index contributed by atoms with van der Waals surface area (Å²) in [5.41, 5.74) is -1.40. The van der Waals surface area contributed by atoms with Gasteiger partial charge in [0, 0.05) is 12.3 Å². The topological polar surface area (TPSA) is 78.2 Å². The molecule has 0 heterocycles. The first-order valence-electron chi connectivity index (χ1n) is 3.48. The Hall–Kier alpha value is -1.63. The number of hydrogen-bond donors (Lipinski definition) is 1. The minimum Gasteiger partial charge on any atom is -0.504 e. The molecule has 1 N–H and O–H groups in total. The lowest BCUT2D eigenvalue weighted by molar-refractivity contribution is 0.447. The van der Waals surface area contributed by atoms with E-state index in [0.29, 0.717) is 0 Å². The molecule has 0 saturated heterocycles. The molecule has 12 heavy (non-hydrogen) atoms. The summed E-state index contributed by atoms with van der Waals surface area (Å²) in [6.45, 7) is 1.62. The first kappa shape index (κ1) is 8.47. The van der Waals surface area contributed by atoms with Gasteiger partial charge in [-0.05, 0) is 0 Å². The van der Waals surface area contributed by atoms with E-state index in [1.165, 1.54) is 0 Å². The van der Waals surface area contributed by atoms with E-state index < -0.39 is 16.6 Å². The molecule has 4 heteroatoms. The standard InChI is InChI=1S/C8H7NO3/c1-4(2-3-9)5-6(10)8(12)7(5)11/h4,10H,2H2,1H3/t4-/m1/s1. The molecule has 0 amide bonds. The van der Waals surface area contributed by atoms with Crippen molar-refractivity contribution >= 4 is 0 Å². The summed E-state index contributed by atoms with van der Waals surface area (Å²) in [4.78, 5) is 21.4. The van der Waals surface area contributed by atoms with Crippen LogP contribution in [0.1, 0.15) is 24.8 Å². The van der Waals surface area contributed by atoms with Crippen LogP contribution in [0.15, 0.2) is 9.59 Å². The van der Waals surface area contributed by atoms with Crippen LogP contribution in [0.4, 0.5) is 0 Å². The zero-order chi connectivity index (χ0) is 9.30. The highest BCUT2D eigenvalue weighted by molar-refractivity contribution is 5.40. The van der Waals surface area contributed by atoms with Gasteiger partial charge in [-0.25, -0.2) is 0 Å². The normalized spacial score (nSPS) is 12.7. The average molecular weight is 165 g/mol. The molecule has 1 aromatic rings. The van der Waals surface area contributed by atoms with Crippen LogP contribution in [0.3, 0.4) is 0 Å². The van der Waals surface area contributed by atoms with Gasteiger partial charge in [0.05, 0.1) is 11.6 Å². The van der Waals surface area contributed by atoms with E-state index >= 15 is 0 Å². The Morgan fingerprint density at radius 1 is 1.50 bits per heavy atom. The summed E-state index contributed by atoms with van der Waals surface area (Å²) < 4.78 is 0. The van der Waals surface area contributed by atoms with Crippen molar-refractivity contribution in [1.82, 2.24) is 0 Å². The molecule has 0 saturated carbocycles. The molecule has 1 atom stereocenters. The quantitative estimate of drug-likeness (QED) is 0.626. The Morgan fingerprint density at radius 3 is 2.50 bits per heavy atom. The maximum Gasteiger partial charge on any atom is 0.267 e. The van der Waals surface area contributed by atoms with Gasteiger partial charge in [0.1, 0.15) is 0 Å². The van der Waals surface area contributed by atoms with Gasteiger partial charge in [0.15, 0.2) is 5.75 Å². The molecule has 1 rings (SSSR count). The Balaban J connectivity index is 3.01. The van der Waals surface area contributed by atoms with E-state index in [9.17, 15) is 9.59 Å². The van der Waals surface area contributed by atoms with Gasteiger partial charge in [-0.1, -0.05) is 6.92 Å². The number of aromatic hydroxyl groups is 1. The van der Waals surface area contributed by atoms with Crippen molar-refractivity contribution in [2.75, 3.05) is 0 Å². The summed E-state index contributed by atoms with van der Waals surface area (Å²) in [6.07, 6.45) is 0.137. The highest BCUT2D eigenvalue weighted by atomic mass is 16.3. The molecule has 0 unspecified atom stereocenters. The van der Waals surface area contributed by atoms with Gasteiger partial charge in [-0.15, -0.1) is 0 Å². The third kappa shape index (κ3) is 0.996. The third-order valence-corrected chi connectivity index (χ3v) is 1.81. The molecule has 0 aliphatic heterocycles. The van der Waals surface area contributed by atoms with E-state index in [-0.39, 0.29) is 17.9 Å². The molecule has 0 bridgehead atoms. The van der Waals surface area contributed by atoms with Crippen LogP contribution in [0.5, 0.6) is 5.75 Å². The monoisotopic (exact) mass is 165 g/mol. The lowest BCUT2D eigenvalue weighted by Gasteiger charge is -2.09. The molecule has 0 fully saturated rings. The molecule has 0 aliphatic carbocycles. The van der Waals surface area contributed by atoms with E-state index in [0.717, 1.165) is 0 Å². The second kappa shape index (κ2) is 2.78. The maximum atomic E-state index is 10.8. The Labute approximate surface area is 68.4 Å². The Morgan fingerprint density at radius 2 is 2.08 bits per heavy atom. The van der Waals surface area contributed by atoms with Gasteiger partial charge in [-0.3, -0.25) is 9.59 Å². The van der Waals surface area contributed by atoms with Crippen LogP contribution < -0.4 is 10.9 Å². The highest BCUT2D eigenvalue weighted by Gasteiger charge is 2.24. The van der Waals surface area contributed by atoms with Gasteiger partial charge in [0.2, 0.25) is 5.43 Å². The molecule has 0 spiro atoms. The zero-order valence-electron chi connectivity index (χ0n) is 6.50. The van der Waals surface area contributed by atoms with Crippen LogP contribution in [-0.4, -0.2) is 5.11 Å². The van der Waals surface area contributed by atoms with E-state index in [2.05, 4.69) is 0 Å². The van der Waals surface area contributed by atoms with Crippen LogP contribution in [0, 0.1) is 11.3 Å². The van der Waals surface area contributed by atoms with Crippen LogP contribution >= 0.6 is 0 Å². The summed E-state index contributed by atoms with van der Waals surface area (Å²) in [5.74, 6) is -0.817. The second-order valence-corrected chi connectivity index (χ2v) is 2.68. The summed E-state index contributed by atoms with van der Waals surface area (Å²) in [7, 11) is 0. The molecule has 1 aromatic carbocycles. The minimum atomic E-state index is -0.838. The first-order chi connectivity index (χ1) is 5.59. The van der Waals surface area contributed by atoms with Gasteiger partial charge in [-0.2, -0.15) is 5.26 Å². The Bertz CT molecular complexity index is 406. The van der Waals surface area contributed by atoms with Gasteiger partial charge < -0.3 is 5.11 Å². The smallest absolute Gasteiger partial charge is 0.267 e. The van der Waals surface area contributed by atoms with Crippen LogP contribution in [0.25, 0.3) is 0 Å². The number of rotatable bonds is 2. The molecular formula is C8H7NO3. The molecule has 62 valence electrons. The van der Waals surface area contributed by atoms with E-state index in [4.69, 9.17) is 10.4 Å². The molecular weight excluding hydrogens is 158 g/mol. The van der Waals surface area contributed by atoms with Crippen molar-refractivity contribution in [1.29, 1.82) is 5.26 Å². The maximum absolute atomic E-state index is 10.8. The summed E-state index contributed by atoms with van der Waals surface area (Å²) in [5, 5.41) is 17.2. The predicted molar refractivity (Wildman–Crippen MR) is 41.7 cm³/mol. The minimum absolute atomic E-state index is 0.0987. The van der Waals surface area contributed by atoms with Crippen molar-refractivity contribution in [2.24, 2.45) is 0 Å². The summed E-state index contributed by atoms with van der Waals surface area (Å²) >= 11 is 0. The fraction of sp³-hybridized carbons (Fsp3) is 0.375. The fourth-order valence-corrected chi connectivity index (χ4v) is 1.09. The molecule has 0 aromatic heterocycles. The number of nitrogens with zero attached hydrogens (tertiary/aromatic N) is 1. The largest absolute Gasteiger partial charge is 0.504 e. The van der Waals surface area contributed by atoms with Gasteiger partial charge in [0.25, 0.3) is 5.43 Å². The fourth-order valence-electron chi connectivity index (χ4n) is 1.09. The van der Waals surface area contributed by atoms with E-state index in [1.807, 2.05) is 6.07 Å². The van der Waals surface area contributed by atoms with Crippen molar-refractivity contribution in [3.63, 3.8) is 0 Å². The molecule has 0 radical (unpaired) electrons. The first-order valence-corrected chi connectivity index (χ1v) is 3.48. The lowest BCUT2D eigenvalue weighted by atomic mass is 9.93. The molecule has 4 nitrogen and oxygen atoms in total. The molecule has 0 aliphatic rings. The number of hydrogen-bond acceptors (Lipinski definition) is 4. The van der Waals surface area contributed by atoms with Crippen LogP contribution in [0.2, 0.25) is 0 Å². The van der Waals surface area contributed by atoms with Crippen molar-refractivity contribution in [2.45, 2.75) is 19.3 Å².